The molecule has 5 rings (SSSR count). The van der Waals surface area contributed by atoms with Gasteiger partial charge in [-0.1, -0.05) is 6.07 Å². The van der Waals surface area contributed by atoms with Gasteiger partial charge in [-0.15, -0.1) is 0 Å². The predicted molar refractivity (Wildman–Crippen MR) is 119 cm³/mol. The summed E-state index contributed by atoms with van der Waals surface area (Å²) in [6, 6.07) is 5.73. The highest BCUT2D eigenvalue weighted by Gasteiger charge is 2.26. The van der Waals surface area contributed by atoms with Gasteiger partial charge in [-0.05, 0) is 45.2 Å². The first kappa shape index (κ1) is 20.6. The highest BCUT2D eigenvalue weighted by atomic mass is 16.5. The van der Waals surface area contributed by atoms with Crippen LogP contribution in [0.4, 0.5) is 11.5 Å². The number of nitrogens with zero attached hydrogens (tertiary/aromatic N) is 6. The van der Waals surface area contributed by atoms with Crippen LogP contribution in [0.3, 0.4) is 0 Å². The van der Waals surface area contributed by atoms with Crippen LogP contribution in [0.25, 0.3) is 11.5 Å². The van der Waals surface area contributed by atoms with E-state index >= 15 is 0 Å². The molecule has 9 heteroatoms. The fourth-order valence-corrected chi connectivity index (χ4v) is 4.42. The summed E-state index contributed by atoms with van der Waals surface area (Å²) in [6.07, 6.45) is 8.36. The van der Waals surface area contributed by atoms with E-state index in [1.165, 1.54) is 0 Å². The molecule has 1 saturated heterocycles. The molecule has 0 bridgehead atoms. The van der Waals surface area contributed by atoms with Gasteiger partial charge in [-0.2, -0.15) is 5.10 Å². The molecule has 1 fully saturated rings. The monoisotopic (exact) mass is 433 g/mol. The lowest BCUT2D eigenvalue weighted by molar-refractivity contribution is -0.144. The van der Waals surface area contributed by atoms with Gasteiger partial charge in [0, 0.05) is 36.7 Å². The van der Waals surface area contributed by atoms with Crippen LogP contribution in [0.15, 0.2) is 36.8 Å². The van der Waals surface area contributed by atoms with Gasteiger partial charge in [0.1, 0.15) is 18.1 Å². The Labute approximate surface area is 186 Å². The topological polar surface area (TPSA) is 98.1 Å². The van der Waals surface area contributed by atoms with Gasteiger partial charge in [0.25, 0.3) is 0 Å². The molecule has 1 N–H and O–H groups in total. The first-order chi connectivity index (χ1) is 15.5. The number of carbonyl (C=O) groups is 1. The van der Waals surface area contributed by atoms with Gasteiger partial charge in [0.2, 0.25) is 5.91 Å². The van der Waals surface area contributed by atoms with Crippen molar-refractivity contribution in [3.8, 4) is 11.5 Å². The maximum absolute atomic E-state index is 12.7. The first-order valence-corrected chi connectivity index (χ1v) is 11.1. The van der Waals surface area contributed by atoms with Crippen LogP contribution in [0, 0.1) is 0 Å². The first-order valence-electron chi connectivity index (χ1n) is 11.1. The summed E-state index contributed by atoms with van der Waals surface area (Å²) in [7, 11) is 0. The SMILES string of the molecule is CC1CN(C(=O)Cn2cc(Nc3nc(-c4ccccn4)nc4c3CCC4)cn2)CC(C)O1. The van der Waals surface area contributed by atoms with Crippen LogP contribution in [0.5, 0.6) is 0 Å². The molecule has 3 aromatic heterocycles. The minimum Gasteiger partial charge on any atom is -0.372 e. The summed E-state index contributed by atoms with van der Waals surface area (Å²) in [5.74, 6) is 1.45. The summed E-state index contributed by atoms with van der Waals surface area (Å²) in [6.45, 7) is 5.40. The zero-order chi connectivity index (χ0) is 22.1. The molecule has 1 amide bonds. The normalized spacial score (nSPS) is 20.2. The zero-order valence-corrected chi connectivity index (χ0v) is 18.4. The van der Waals surface area contributed by atoms with Crippen molar-refractivity contribution < 1.29 is 9.53 Å². The van der Waals surface area contributed by atoms with E-state index in [9.17, 15) is 4.79 Å². The molecule has 4 heterocycles. The molecule has 0 radical (unpaired) electrons. The number of amides is 1. The van der Waals surface area contributed by atoms with E-state index in [-0.39, 0.29) is 24.7 Å². The van der Waals surface area contributed by atoms with Crippen LogP contribution in [-0.2, 0) is 28.9 Å². The predicted octanol–water partition coefficient (Wildman–Crippen LogP) is 2.60. The Balaban J connectivity index is 1.32. The Morgan fingerprint density at radius 1 is 1.19 bits per heavy atom. The van der Waals surface area contributed by atoms with Crippen molar-refractivity contribution in [1.82, 2.24) is 29.6 Å². The molecule has 2 atom stereocenters. The van der Waals surface area contributed by atoms with E-state index in [4.69, 9.17) is 14.7 Å². The van der Waals surface area contributed by atoms with E-state index in [2.05, 4.69) is 15.4 Å². The lowest BCUT2D eigenvalue weighted by atomic mass is 10.2. The second-order valence-electron chi connectivity index (χ2n) is 8.50. The van der Waals surface area contributed by atoms with Crippen molar-refractivity contribution in [2.45, 2.75) is 51.9 Å². The largest absolute Gasteiger partial charge is 0.372 e. The van der Waals surface area contributed by atoms with Crippen LogP contribution in [0.2, 0.25) is 0 Å². The molecule has 0 aromatic carbocycles. The Morgan fingerprint density at radius 2 is 2.03 bits per heavy atom. The number of rotatable bonds is 5. The molecule has 9 nitrogen and oxygen atoms in total. The number of hydrogen-bond donors (Lipinski definition) is 1. The van der Waals surface area contributed by atoms with Crippen LogP contribution < -0.4 is 5.32 Å². The molecule has 2 unspecified atom stereocenters. The maximum atomic E-state index is 12.7. The third-order valence-corrected chi connectivity index (χ3v) is 5.79. The van der Waals surface area contributed by atoms with E-state index in [0.29, 0.717) is 18.9 Å². The number of carbonyl (C=O) groups excluding carboxylic acids is 1. The lowest BCUT2D eigenvalue weighted by Gasteiger charge is -2.35. The number of nitrogens with one attached hydrogen (secondary N) is 1. The summed E-state index contributed by atoms with van der Waals surface area (Å²) >= 11 is 0. The molecular formula is C23H27N7O2. The van der Waals surface area contributed by atoms with Crippen LogP contribution in [0.1, 0.15) is 31.5 Å². The number of hydrogen-bond acceptors (Lipinski definition) is 7. The third-order valence-electron chi connectivity index (χ3n) is 5.79. The maximum Gasteiger partial charge on any atom is 0.244 e. The average Bonchev–Trinajstić information content (AvgIpc) is 3.43. The summed E-state index contributed by atoms with van der Waals surface area (Å²) < 4.78 is 7.39. The van der Waals surface area contributed by atoms with Gasteiger partial charge in [0.15, 0.2) is 5.82 Å². The Kier molecular flexibility index (Phi) is 5.57. The quantitative estimate of drug-likeness (QED) is 0.660. The Bertz CT molecular complexity index is 1100. The number of fused-ring (bicyclic) bond motifs is 1. The molecule has 0 spiro atoms. The Morgan fingerprint density at radius 3 is 2.81 bits per heavy atom. The van der Waals surface area contributed by atoms with Gasteiger partial charge < -0.3 is 15.0 Å². The zero-order valence-electron chi connectivity index (χ0n) is 18.4. The summed E-state index contributed by atoms with van der Waals surface area (Å²) in [4.78, 5) is 28.5. The highest BCUT2D eigenvalue weighted by molar-refractivity contribution is 5.76. The van der Waals surface area contributed by atoms with E-state index in [0.717, 1.165) is 47.7 Å². The number of morpholine rings is 1. The van der Waals surface area contributed by atoms with Gasteiger partial charge in [-0.3, -0.25) is 14.5 Å². The molecule has 2 aliphatic rings. The number of pyridine rings is 1. The molecule has 1 aliphatic heterocycles. The molecular weight excluding hydrogens is 406 g/mol. The van der Waals surface area contributed by atoms with E-state index in [1.54, 1.807) is 17.1 Å². The van der Waals surface area contributed by atoms with E-state index < -0.39 is 0 Å². The van der Waals surface area contributed by atoms with Crippen molar-refractivity contribution in [2.75, 3.05) is 18.4 Å². The van der Waals surface area contributed by atoms with Crippen molar-refractivity contribution in [3.05, 3.63) is 48.0 Å². The molecule has 0 saturated carbocycles. The molecule has 32 heavy (non-hydrogen) atoms. The highest BCUT2D eigenvalue weighted by Crippen LogP contribution is 2.30. The van der Waals surface area contributed by atoms with Crippen molar-refractivity contribution in [1.29, 1.82) is 0 Å². The molecule has 166 valence electrons. The van der Waals surface area contributed by atoms with Crippen molar-refractivity contribution in [3.63, 3.8) is 0 Å². The summed E-state index contributed by atoms with van der Waals surface area (Å²) in [5.41, 5.74) is 3.76. The summed E-state index contributed by atoms with van der Waals surface area (Å²) in [5, 5.41) is 7.77. The smallest absolute Gasteiger partial charge is 0.244 e. The lowest BCUT2D eigenvalue weighted by Crippen LogP contribution is -2.49. The van der Waals surface area contributed by atoms with E-state index in [1.807, 2.05) is 43.1 Å². The van der Waals surface area contributed by atoms with Crippen molar-refractivity contribution in [2.24, 2.45) is 0 Å². The van der Waals surface area contributed by atoms with Crippen molar-refractivity contribution >= 4 is 17.4 Å². The second-order valence-corrected chi connectivity index (χ2v) is 8.50. The minimum atomic E-state index is 0.0435. The van der Waals surface area contributed by atoms with Gasteiger partial charge >= 0.3 is 0 Å². The third kappa shape index (κ3) is 4.34. The number of aromatic nitrogens is 5. The standard InChI is InChI=1S/C23H27N7O2/c1-15-11-29(12-16(2)32-15)21(31)14-30-13-17(10-25-30)26-22-18-6-5-8-19(18)27-23(28-22)20-7-3-4-9-24-20/h3-4,7,9-10,13,15-16H,5-6,8,11-12,14H2,1-2H3,(H,26,27,28). The van der Waals surface area contributed by atoms with Crippen LogP contribution in [-0.4, -0.2) is 60.8 Å². The van der Waals surface area contributed by atoms with Crippen LogP contribution >= 0.6 is 0 Å². The van der Waals surface area contributed by atoms with Gasteiger partial charge in [-0.25, -0.2) is 9.97 Å². The Hall–Kier alpha value is -3.33. The number of anilines is 2. The molecule has 3 aromatic rings. The number of aryl methyl sites for hydroxylation is 1. The van der Waals surface area contributed by atoms with Gasteiger partial charge in [0.05, 0.1) is 24.1 Å². The second kappa shape index (κ2) is 8.66. The average molecular weight is 434 g/mol. The number of ether oxygens (including phenoxy) is 1. The fraction of sp³-hybridized carbons (Fsp3) is 0.435. The minimum absolute atomic E-state index is 0.0435. The molecule has 1 aliphatic carbocycles. The fourth-order valence-electron chi connectivity index (χ4n) is 4.42.